The van der Waals surface area contributed by atoms with Gasteiger partial charge >= 0.3 is 0 Å². The first kappa shape index (κ1) is 27.4. The summed E-state index contributed by atoms with van der Waals surface area (Å²) in [6, 6.07) is 18.5. The summed E-state index contributed by atoms with van der Waals surface area (Å²) < 4.78 is 0. The number of hydrogen-bond acceptors (Lipinski definition) is 0. The maximum Gasteiger partial charge on any atom is 0.0264 e. The lowest BCUT2D eigenvalue weighted by atomic mass is 9.62. The predicted molar refractivity (Wildman–Crippen MR) is 169 cm³/mol. The lowest BCUT2D eigenvalue weighted by molar-refractivity contribution is 0.322. The summed E-state index contributed by atoms with van der Waals surface area (Å²) in [5, 5.41) is 0. The van der Waals surface area contributed by atoms with Gasteiger partial charge in [0.1, 0.15) is 0 Å². The van der Waals surface area contributed by atoms with Gasteiger partial charge in [0.05, 0.1) is 0 Å². The molecule has 0 radical (unpaired) electrons. The number of allylic oxidation sites excluding steroid dienone is 10. The fourth-order valence-corrected chi connectivity index (χ4v) is 7.65. The third-order valence-corrected chi connectivity index (χ3v) is 9.65. The van der Waals surface area contributed by atoms with Crippen molar-refractivity contribution in [1.82, 2.24) is 0 Å². The second-order valence-corrected chi connectivity index (χ2v) is 12.4. The molecule has 0 spiro atoms. The van der Waals surface area contributed by atoms with E-state index in [1.807, 2.05) is 0 Å². The molecule has 0 heteroatoms. The van der Waals surface area contributed by atoms with Crippen LogP contribution in [0.4, 0.5) is 0 Å². The molecule has 5 unspecified atom stereocenters. The van der Waals surface area contributed by atoms with Gasteiger partial charge in [-0.15, -0.1) is 0 Å². The highest BCUT2D eigenvalue weighted by atomic mass is 14.5. The molecule has 202 valence electrons. The van der Waals surface area contributed by atoms with Crippen molar-refractivity contribution in [1.29, 1.82) is 0 Å². The quantitative estimate of drug-likeness (QED) is 0.322. The number of rotatable bonds is 7. The van der Waals surface area contributed by atoms with Gasteiger partial charge in [0, 0.05) is 17.8 Å². The van der Waals surface area contributed by atoms with E-state index < -0.39 is 0 Å². The van der Waals surface area contributed by atoms with Crippen molar-refractivity contribution in [3.05, 3.63) is 141 Å². The van der Waals surface area contributed by atoms with E-state index in [4.69, 9.17) is 6.58 Å². The maximum atomic E-state index is 4.79. The number of hydrogen-bond donors (Lipinski definition) is 0. The molecule has 1 saturated carbocycles. The fourth-order valence-electron chi connectivity index (χ4n) is 7.65. The molecule has 3 aliphatic carbocycles. The number of aryl methyl sites for hydroxylation is 2. The van der Waals surface area contributed by atoms with Gasteiger partial charge in [-0.1, -0.05) is 135 Å². The number of benzene rings is 2. The topological polar surface area (TPSA) is 0 Å². The summed E-state index contributed by atoms with van der Waals surface area (Å²) in [7, 11) is 0. The molecule has 0 bridgehead atoms. The van der Waals surface area contributed by atoms with Crippen LogP contribution in [0.15, 0.2) is 119 Å². The van der Waals surface area contributed by atoms with E-state index in [1.165, 1.54) is 55.7 Å². The SMILES string of the molecule is C=C1/C(=C\C2=C(C)C(c3ccc(C)cc3)C(C)=C2)CC2=CC(C)C(C(=C)CCC)C(c3ccc(CC)cc3)C12. The highest BCUT2D eigenvalue weighted by molar-refractivity contribution is 5.59. The van der Waals surface area contributed by atoms with Gasteiger partial charge in [-0.2, -0.15) is 0 Å². The lowest BCUT2D eigenvalue weighted by Gasteiger charge is -2.41. The Morgan fingerprint density at radius 2 is 1.62 bits per heavy atom. The van der Waals surface area contributed by atoms with E-state index >= 15 is 0 Å². The van der Waals surface area contributed by atoms with E-state index in [9.17, 15) is 0 Å². The van der Waals surface area contributed by atoms with Gasteiger partial charge in [0.25, 0.3) is 0 Å². The zero-order valence-electron chi connectivity index (χ0n) is 25.0. The third-order valence-electron chi connectivity index (χ3n) is 9.65. The van der Waals surface area contributed by atoms with Crippen molar-refractivity contribution in [3.63, 3.8) is 0 Å². The van der Waals surface area contributed by atoms with Crippen LogP contribution in [-0.4, -0.2) is 0 Å². The molecule has 39 heavy (non-hydrogen) atoms. The zero-order valence-corrected chi connectivity index (χ0v) is 25.0. The molecular weight excluding hydrogens is 468 g/mol. The van der Waals surface area contributed by atoms with Crippen molar-refractivity contribution in [2.45, 2.75) is 79.1 Å². The largest absolute Gasteiger partial charge is 0.0995 e. The van der Waals surface area contributed by atoms with Crippen LogP contribution in [0.3, 0.4) is 0 Å². The molecule has 3 aliphatic rings. The van der Waals surface area contributed by atoms with E-state index in [1.54, 1.807) is 5.57 Å². The Morgan fingerprint density at radius 1 is 0.949 bits per heavy atom. The average molecular weight is 515 g/mol. The minimum atomic E-state index is 0.360. The molecule has 0 aromatic heterocycles. The molecule has 0 heterocycles. The first-order valence-corrected chi connectivity index (χ1v) is 15.1. The molecule has 2 aromatic carbocycles. The first-order chi connectivity index (χ1) is 18.7. The van der Waals surface area contributed by atoms with Gasteiger partial charge in [0.2, 0.25) is 0 Å². The Balaban J connectivity index is 1.53. The summed E-state index contributed by atoms with van der Waals surface area (Å²) in [6.45, 7) is 23.1. The van der Waals surface area contributed by atoms with Crippen molar-refractivity contribution in [3.8, 4) is 0 Å². The Bertz CT molecular complexity index is 1380. The first-order valence-electron chi connectivity index (χ1n) is 15.1. The second-order valence-electron chi connectivity index (χ2n) is 12.4. The second kappa shape index (κ2) is 11.2. The summed E-state index contributed by atoms with van der Waals surface area (Å²) in [4.78, 5) is 0. The van der Waals surface area contributed by atoms with Gasteiger partial charge in [-0.3, -0.25) is 0 Å². The van der Waals surface area contributed by atoms with E-state index in [0.717, 1.165) is 25.7 Å². The molecule has 0 nitrogen and oxygen atoms in total. The Labute approximate surface area is 237 Å². The van der Waals surface area contributed by atoms with Crippen molar-refractivity contribution >= 4 is 0 Å². The minimum Gasteiger partial charge on any atom is -0.0995 e. The summed E-state index contributed by atoms with van der Waals surface area (Å²) in [6.07, 6.45) is 11.8. The molecule has 5 atom stereocenters. The van der Waals surface area contributed by atoms with Gasteiger partial charge in [0.15, 0.2) is 0 Å². The Hall–Kier alpha value is -3.12. The molecule has 5 rings (SSSR count). The van der Waals surface area contributed by atoms with Gasteiger partial charge in [-0.05, 0) is 85.3 Å². The van der Waals surface area contributed by atoms with Gasteiger partial charge < -0.3 is 0 Å². The third kappa shape index (κ3) is 5.11. The predicted octanol–water partition coefficient (Wildman–Crippen LogP) is 10.8. The average Bonchev–Trinajstić information content (AvgIpc) is 3.38. The molecule has 0 saturated heterocycles. The monoisotopic (exact) mass is 514 g/mol. The van der Waals surface area contributed by atoms with Crippen LogP contribution in [0.2, 0.25) is 0 Å². The van der Waals surface area contributed by atoms with Crippen molar-refractivity contribution in [2.75, 3.05) is 0 Å². The highest BCUT2D eigenvalue weighted by Crippen LogP contribution is 2.57. The maximum absolute atomic E-state index is 4.79. The molecule has 0 amide bonds. The number of fused-ring (bicyclic) bond motifs is 1. The van der Waals surface area contributed by atoms with Crippen LogP contribution >= 0.6 is 0 Å². The lowest BCUT2D eigenvalue weighted by Crippen LogP contribution is -2.31. The van der Waals surface area contributed by atoms with Crippen LogP contribution < -0.4 is 0 Å². The van der Waals surface area contributed by atoms with Crippen LogP contribution in [0.1, 0.15) is 88.0 Å². The van der Waals surface area contributed by atoms with E-state index in [0.29, 0.717) is 29.6 Å². The van der Waals surface area contributed by atoms with Gasteiger partial charge in [-0.25, -0.2) is 0 Å². The van der Waals surface area contributed by atoms with Crippen molar-refractivity contribution in [2.24, 2.45) is 17.8 Å². The normalized spacial score (nSPS) is 27.6. The van der Waals surface area contributed by atoms with Crippen molar-refractivity contribution < 1.29 is 0 Å². The summed E-state index contributed by atoms with van der Waals surface area (Å²) >= 11 is 0. The van der Waals surface area contributed by atoms with E-state index in [-0.39, 0.29) is 0 Å². The molecule has 0 N–H and O–H groups in total. The smallest absolute Gasteiger partial charge is 0.0264 e. The standard InChI is InChI=1S/C39H46/c1-9-11-25(4)36-26(5)21-35-23-34(29(8)38(35)39(36)32-18-14-30(10-2)15-19-32)22-33-20-27(6)37(28(33)7)31-16-12-24(3)13-17-31/h12-22,26,36-39H,4,8-11,23H2,1-3,5-7H3/b34-22-. The highest BCUT2D eigenvalue weighted by Gasteiger charge is 2.45. The Kier molecular flexibility index (Phi) is 7.86. The van der Waals surface area contributed by atoms with Crippen LogP contribution in [0.25, 0.3) is 0 Å². The van der Waals surface area contributed by atoms with Crippen LogP contribution in [0, 0.1) is 24.7 Å². The molecule has 1 fully saturated rings. The minimum absolute atomic E-state index is 0.360. The van der Waals surface area contributed by atoms with E-state index in [2.05, 4.69) is 115 Å². The zero-order chi connectivity index (χ0) is 27.8. The Morgan fingerprint density at radius 3 is 2.26 bits per heavy atom. The molecular formula is C39H46. The fraction of sp³-hybridized carbons (Fsp3) is 0.385. The summed E-state index contributed by atoms with van der Waals surface area (Å²) in [5.41, 5.74) is 15.5. The van der Waals surface area contributed by atoms with Crippen LogP contribution in [-0.2, 0) is 6.42 Å². The summed E-state index contributed by atoms with van der Waals surface area (Å²) in [5.74, 6) is 2.07. The molecule has 2 aromatic rings. The van der Waals surface area contributed by atoms with Crippen LogP contribution in [0.5, 0.6) is 0 Å². The molecule has 0 aliphatic heterocycles.